The summed E-state index contributed by atoms with van der Waals surface area (Å²) in [5.74, 6) is 1.09. The number of hydrogen-bond donors (Lipinski definition) is 2. The molecule has 0 unspecified atom stereocenters. The van der Waals surface area contributed by atoms with Crippen LogP contribution in [0.15, 0.2) is 0 Å². The maximum atomic E-state index is 5.73. The van der Waals surface area contributed by atoms with Crippen molar-refractivity contribution in [3.8, 4) is 0 Å². The smallest absolute Gasteiger partial charge is 0.243 e. The third-order valence-corrected chi connectivity index (χ3v) is 1.99. The molecule has 0 aromatic carbocycles. The molecule has 1 rings (SSSR count). The van der Waals surface area contributed by atoms with Crippen LogP contribution in [0.2, 0.25) is 0 Å². The van der Waals surface area contributed by atoms with Gasteiger partial charge in [-0.3, -0.25) is 0 Å². The van der Waals surface area contributed by atoms with E-state index in [1.54, 1.807) is 4.68 Å². The van der Waals surface area contributed by atoms with Crippen molar-refractivity contribution in [1.29, 1.82) is 0 Å². The predicted octanol–water partition coefficient (Wildman–Crippen LogP) is 0.244. The summed E-state index contributed by atoms with van der Waals surface area (Å²) >= 11 is 0. The summed E-state index contributed by atoms with van der Waals surface area (Å²) in [5, 5.41) is 7.37. The van der Waals surface area contributed by atoms with Crippen molar-refractivity contribution < 1.29 is 0 Å². The number of likely N-dealkylation sites (N-methyl/N-ethyl adjacent to an activating group) is 1. The van der Waals surface area contributed by atoms with Gasteiger partial charge in [-0.2, -0.15) is 4.98 Å². The Hall–Kier alpha value is -1.30. The van der Waals surface area contributed by atoms with Gasteiger partial charge >= 0.3 is 0 Å². The molecule has 0 bridgehead atoms. The molecular formula is C9H20N6. The van der Waals surface area contributed by atoms with Gasteiger partial charge in [0.05, 0.1) is 6.54 Å². The third kappa shape index (κ3) is 3.75. The zero-order chi connectivity index (χ0) is 11.3. The highest BCUT2D eigenvalue weighted by Crippen LogP contribution is 2.04. The second-order valence-electron chi connectivity index (χ2n) is 3.75. The fourth-order valence-electron chi connectivity index (χ4n) is 1.13. The quantitative estimate of drug-likeness (QED) is 0.707. The van der Waals surface area contributed by atoms with Crippen LogP contribution in [-0.2, 0) is 6.54 Å². The Morgan fingerprint density at radius 2 is 2.20 bits per heavy atom. The Kier molecular flexibility index (Phi) is 4.36. The number of nitrogens with two attached hydrogens (primary N) is 1. The van der Waals surface area contributed by atoms with Crippen LogP contribution < -0.4 is 11.1 Å². The van der Waals surface area contributed by atoms with Crippen molar-refractivity contribution in [2.24, 2.45) is 0 Å². The SMILES string of the molecule is CCCNc1nc(N)n(CCN(C)C)n1. The summed E-state index contributed by atoms with van der Waals surface area (Å²) < 4.78 is 1.72. The molecule has 0 saturated carbocycles. The normalized spacial score (nSPS) is 10.9. The lowest BCUT2D eigenvalue weighted by Crippen LogP contribution is -2.20. The molecule has 0 saturated heterocycles. The topological polar surface area (TPSA) is 72.0 Å². The van der Waals surface area contributed by atoms with Crippen molar-refractivity contribution in [1.82, 2.24) is 19.7 Å². The minimum absolute atomic E-state index is 0.468. The Labute approximate surface area is 90.5 Å². The van der Waals surface area contributed by atoms with Gasteiger partial charge in [-0.1, -0.05) is 6.92 Å². The van der Waals surface area contributed by atoms with Crippen LogP contribution in [0.25, 0.3) is 0 Å². The molecular weight excluding hydrogens is 192 g/mol. The van der Waals surface area contributed by atoms with Gasteiger partial charge in [0.1, 0.15) is 0 Å². The summed E-state index contributed by atoms with van der Waals surface area (Å²) in [5.41, 5.74) is 5.73. The number of rotatable bonds is 6. The molecule has 3 N–H and O–H groups in total. The highest BCUT2D eigenvalue weighted by Gasteiger charge is 2.05. The van der Waals surface area contributed by atoms with Gasteiger partial charge in [0.2, 0.25) is 11.9 Å². The Bertz CT molecular complexity index is 293. The molecule has 0 fully saturated rings. The van der Waals surface area contributed by atoms with Gasteiger partial charge in [-0.25, -0.2) is 4.68 Å². The van der Waals surface area contributed by atoms with Gasteiger partial charge < -0.3 is 16.0 Å². The number of nitrogens with zero attached hydrogens (tertiary/aromatic N) is 4. The number of nitrogens with one attached hydrogen (secondary N) is 1. The molecule has 0 aliphatic heterocycles. The molecule has 0 amide bonds. The van der Waals surface area contributed by atoms with Gasteiger partial charge in [0, 0.05) is 13.1 Å². The van der Waals surface area contributed by atoms with E-state index in [9.17, 15) is 0 Å². The van der Waals surface area contributed by atoms with Gasteiger partial charge in [0.15, 0.2) is 0 Å². The molecule has 15 heavy (non-hydrogen) atoms. The monoisotopic (exact) mass is 212 g/mol. The Morgan fingerprint density at radius 1 is 1.47 bits per heavy atom. The van der Waals surface area contributed by atoms with E-state index in [0.29, 0.717) is 11.9 Å². The first kappa shape index (κ1) is 11.8. The summed E-state index contributed by atoms with van der Waals surface area (Å²) in [6.07, 6.45) is 1.05. The van der Waals surface area contributed by atoms with Crippen LogP contribution in [0.1, 0.15) is 13.3 Å². The van der Waals surface area contributed by atoms with Gasteiger partial charge in [0.25, 0.3) is 0 Å². The van der Waals surface area contributed by atoms with Crippen molar-refractivity contribution in [3.05, 3.63) is 0 Å². The van der Waals surface area contributed by atoms with Crippen LogP contribution in [-0.4, -0.2) is 46.8 Å². The Morgan fingerprint density at radius 3 is 2.80 bits per heavy atom. The fraction of sp³-hybridized carbons (Fsp3) is 0.778. The van der Waals surface area contributed by atoms with E-state index >= 15 is 0 Å². The largest absolute Gasteiger partial charge is 0.368 e. The molecule has 0 atom stereocenters. The summed E-state index contributed by atoms with van der Waals surface area (Å²) in [7, 11) is 4.03. The lowest BCUT2D eigenvalue weighted by molar-refractivity contribution is 0.375. The lowest BCUT2D eigenvalue weighted by atomic mass is 10.5. The van der Waals surface area contributed by atoms with E-state index in [4.69, 9.17) is 5.73 Å². The van der Waals surface area contributed by atoms with E-state index in [1.807, 2.05) is 14.1 Å². The molecule has 6 heteroatoms. The van der Waals surface area contributed by atoms with Crippen molar-refractivity contribution in [2.45, 2.75) is 19.9 Å². The van der Waals surface area contributed by atoms with Crippen LogP contribution >= 0.6 is 0 Å². The molecule has 0 aliphatic carbocycles. The molecule has 1 aromatic heterocycles. The van der Waals surface area contributed by atoms with E-state index in [1.165, 1.54) is 0 Å². The summed E-state index contributed by atoms with van der Waals surface area (Å²) in [4.78, 5) is 6.21. The Balaban J connectivity index is 2.52. The van der Waals surface area contributed by atoms with Crippen molar-refractivity contribution in [2.75, 3.05) is 38.2 Å². The van der Waals surface area contributed by atoms with Gasteiger partial charge in [-0.05, 0) is 20.5 Å². The average molecular weight is 212 g/mol. The number of hydrogen-bond acceptors (Lipinski definition) is 5. The first-order valence-electron chi connectivity index (χ1n) is 5.22. The molecule has 0 aliphatic rings. The summed E-state index contributed by atoms with van der Waals surface area (Å²) in [6, 6.07) is 0. The van der Waals surface area contributed by atoms with Crippen LogP contribution in [0.5, 0.6) is 0 Å². The molecule has 6 nitrogen and oxygen atoms in total. The first-order valence-corrected chi connectivity index (χ1v) is 5.22. The summed E-state index contributed by atoms with van der Waals surface area (Å²) in [6.45, 7) is 4.64. The van der Waals surface area contributed by atoms with E-state index in [0.717, 1.165) is 26.1 Å². The molecule has 1 aromatic rings. The molecule has 1 heterocycles. The fourth-order valence-corrected chi connectivity index (χ4v) is 1.13. The van der Waals surface area contributed by atoms with Crippen molar-refractivity contribution >= 4 is 11.9 Å². The van der Waals surface area contributed by atoms with E-state index in [2.05, 4.69) is 27.2 Å². The highest BCUT2D eigenvalue weighted by molar-refractivity contribution is 5.31. The zero-order valence-corrected chi connectivity index (χ0v) is 9.69. The van der Waals surface area contributed by atoms with Crippen LogP contribution in [0.3, 0.4) is 0 Å². The second kappa shape index (κ2) is 5.55. The van der Waals surface area contributed by atoms with Gasteiger partial charge in [-0.15, -0.1) is 5.10 Å². The number of anilines is 2. The van der Waals surface area contributed by atoms with E-state index in [-0.39, 0.29) is 0 Å². The molecule has 0 spiro atoms. The first-order chi connectivity index (χ1) is 7.13. The number of nitrogen functional groups attached to an aromatic ring is 1. The minimum atomic E-state index is 0.468. The van der Waals surface area contributed by atoms with Crippen LogP contribution in [0.4, 0.5) is 11.9 Å². The van der Waals surface area contributed by atoms with E-state index < -0.39 is 0 Å². The number of aromatic nitrogens is 3. The average Bonchev–Trinajstić information content (AvgIpc) is 2.53. The molecule has 86 valence electrons. The third-order valence-electron chi connectivity index (χ3n) is 1.99. The minimum Gasteiger partial charge on any atom is -0.368 e. The highest BCUT2D eigenvalue weighted by atomic mass is 15.4. The lowest BCUT2D eigenvalue weighted by Gasteiger charge is -2.08. The maximum Gasteiger partial charge on any atom is 0.243 e. The predicted molar refractivity (Wildman–Crippen MR) is 61.8 cm³/mol. The molecule has 0 radical (unpaired) electrons. The second-order valence-corrected chi connectivity index (χ2v) is 3.75. The van der Waals surface area contributed by atoms with Crippen LogP contribution in [0, 0.1) is 0 Å². The van der Waals surface area contributed by atoms with Crippen molar-refractivity contribution in [3.63, 3.8) is 0 Å². The zero-order valence-electron chi connectivity index (χ0n) is 9.69. The standard InChI is InChI=1S/C9H20N6/c1-4-5-11-9-12-8(10)15(13-9)7-6-14(2)3/h4-7H2,1-3H3,(H3,10,11,12,13). The maximum absolute atomic E-state index is 5.73.